The molecule has 0 atom stereocenters. The standard InChI is InChI=1S/C23H30N2O4S/c1-3-18-5-8-20(4-2)22(15-18)16-24-23(26)21-9-6-19(7-10-21)17-30(27,28)25-11-13-29-14-12-25/h5-10,15H,3-4,11-14,16-17H2,1-2H3,(H,24,26). The van der Waals surface area contributed by atoms with E-state index in [0.29, 0.717) is 44.0 Å². The number of benzene rings is 2. The number of hydrogen-bond acceptors (Lipinski definition) is 4. The average Bonchev–Trinajstić information content (AvgIpc) is 2.78. The number of ether oxygens (including phenoxy) is 1. The molecule has 1 aliphatic heterocycles. The SMILES string of the molecule is CCc1ccc(CC)c(CNC(=O)c2ccc(CS(=O)(=O)N3CCOCC3)cc2)c1. The number of sulfonamides is 1. The van der Waals surface area contributed by atoms with Gasteiger partial charge < -0.3 is 10.1 Å². The third-order valence-electron chi connectivity index (χ3n) is 5.43. The smallest absolute Gasteiger partial charge is 0.251 e. The van der Waals surface area contributed by atoms with Crippen molar-refractivity contribution in [2.45, 2.75) is 39.0 Å². The van der Waals surface area contributed by atoms with E-state index in [9.17, 15) is 13.2 Å². The Morgan fingerprint density at radius 1 is 0.967 bits per heavy atom. The van der Waals surface area contributed by atoms with Gasteiger partial charge in [-0.2, -0.15) is 4.31 Å². The van der Waals surface area contributed by atoms with Gasteiger partial charge in [-0.15, -0.1) is 0 Å². The summed E-state index contributed by atoms with van der Waals surface area (Å²) in [5.41, 5.74) is 4.81. The van der Waals surface area contributed by atoms with Gasteiger partial charge in [-0.05, 0) is 47.2 Å². The van der Waals surface area contributed by atoms with E-state index in [-0.39, 0.29) is 11.7 Å². The molecule has 0 bridgehead atoms. The van der Waals surface area contributed by atoms with Gasteiger partial charge in [-0.1, -0.05) is 44.2 Å². The highest BCUT2D eigenvalue weighted by Crippen LogP contribution is 2.16. The van der Waals surface area contributed by atoms with Gasteiger partial charge in [-0.3, -0.25) is 4.79 Å². The van der Waals surface area contributed by atoms with Crippen molar-refractivity contribution >= 4 is 15.9 Å². The maximum absolute atomic E-state index is 12.6. The summed E-state index contributed by atoms with van der Waals surface area (Å²) in [7, 11) is -3.38. The van der Waals surface area contributed by atoms with Crippen molar-refractivity contribution in [2.24, 2.45) is 0 Å². The number of nitrogens with zero attached hydrogens (tertiary/aromatic N) is 1. The van der Waals surface area contributed by atoms with E-state index in [1.165, 1.54) is 15.4 Å². The number of rotatable bonds is 8. The van der Waals surface area contributed by atoms with E-state index in [1.807, 2.05) is 0 Å². The van der Waals surface area contributed by atoms with Crippen molar-refractivity contribution in [2.75, 3.05) is 26.3 Å². The van der Waals surface area contributed by atoms with Gasteiger partial charge in [0.2, 0.25) is 10.0 Å². The molecule has 3 rings (SSSR count). The van der Waals surface area contributed by atoms with E-state index >= 15 is 0 Å². The van der Waals surface area contributed by atoms with Crippen LogP contribution in [0.5, 0.6) is 0 Å². The molecule has 7 heteroatoms. The van der Waals surface area contributed by atoms with E-state index < -0.39 is 10.0 Å². The summed E-state index contributed by atoms with van der Waals surface area (Å²) < 4.78 is 31.8. The number of hydrogen-bond donors (Lipinski definition) is 1. The molecular weight excluding hydrogens is 400 g/mol. The Morgan fingerprint density at radius 3 is 2.27 bits per heavy atom. The van der Waals surface area contributed by atoms with Crippen molar-refractivity contribution in [1.29, 1.82) is 0 Å². The Labute approximate surface area is 179 Å². The summed E-state index contributed by atoms with van der Waals surface area (Å²) in [6.45, 7) is 6.34. The third kappa shape index (κ3) is 5.68. The first-order chi connectivity index (χ1) is 14.4. The molecule has 0 spiro atoms. The lowest BCUT2D eigenvalue weighted by atomic mass is 10.0. The number of carbonyl (C=O) groups is 1. The predicted molar refractivity (Wildman–Crippen MR) is 118 cm³/mol. The van der Waals surface area contributed by atoms with E-state index in [2.05, 4.69) is 37.4 Å². The van der Waals surface area contributed by atoms with Crippen molar-refractivity contribution in [3.8, 4) is 0 Å². The molecule has 2 aromatic carbocycles. The highest BCUT2D eigenvalue weighted by Gasteiger charge is 2.24. The van der Waals surface area contributed by atoms with Crippen LogP contribution in [0.1, 0.15) is 46.5 Å². The number of carbonyl (C=O) groups excluding carboxylic acids is 1. The largest absolute Gasteiger partial charge is 0.379 e. The molecule has 6 nitrogen and oxygen atoms in total. The Balaban J connectivity index is 1.61. The Bertz CT molecular complexity index is 965. The molecule has 162 valence electrons. The van der Waals surface area contributed by atoms with E-state index in [0.717, 1.165) is 18.4 Å². The van der Waals surface area contributed by atoms with Crippen molar-refractivity contribution in [3.63, 3.8) is 0 Å². The average molecular weight is 431 g/mol. The van der Waals surface area contributed by atoms with Gasteiger partial charge in [0.05, 0.1) is 19.0 Å². The second kappa shape index (κ2) is 10.2. The summed E-state index contributed by atoms with van der Waals surface area (Å²) in [5.74, 6) is -0.236. The quantitative estimate of drug-likeness (QED) is 0.699. The maximum atomic E-state index is 12.6. The molecule has 1 N–H and O–H groups in total. The van der Waals surface area contributed by atoms with Crippen LogP contribution in [0.15, 0.2) is 42.5 Å². The molecule has 1 aliphatic rings. The molecule has 0 radical (unpaired) electrons. The van der Waals surface area contributed by atoms with E-state index in [1.54, 1.807) is 24.3 Å². The molecule has 2 aromatic rings. The molecule has 0 unspecified atom stereocenters. The van der Waals surface area contributed by atoms with E-state index in [4.69, 9.17) is 4.74 Å². The highest BCUT2D eigenvalue weighted by molar-refractivity contribution is 7.88. The lowest BCUT2D eigenvalue weighted by Crippen LogP contribution is -2.41. The second-order valence-corrected chi connectivity index (χ2v) is 9.43. The van der Waals surface area contributed by atoms with Crippen LogP contribution in [0.4, 0.5) is 0 Å². The van der Waals surface area contributed by atoms with Crippen LogP contribution in [-0.4, -0.2) is 44.9 Å². The van der Waals surface area contributed by atoms with Gasteiger partial charge in [0.25, 0.3) is 5.91 Å². The summed E-state index contributed by atoms with van der Waals surface area (Å²) in [6.07, 6.45) is 1.88. The van der Waals surface area contributed by atoms with Crippen LogP contribution in [0.2, 0.25) is 0 Å². The maximum Gasteiger partial charge on any atom is 0.251 e. The fourth-order valence-corrected chi connectivity index (χ4v) is 5.07. The molecule has 1 fully saturated rings. The Kier molecular flexibility index (Phi) is 7.64. The molecule has 1 amide bonds. The fraction of sp³-hybridized carbons (Fsp3) is 0.435. The van der Waals surface area contributed by atoms with Crippen LogP contribution in [0, 0.1) is 0 Å². The minimum Gasteiger partial charge on any atom is -0.379 e. The van der Waals surface area contributed by atoms with Crippen LogP contribution < -0.4 is 5.32 Å². The molecular formula is C23H30N2O4S. The van der Waals surface area contributed by atoms with Crippen molar-refractivity contribution < 1.29 is 17.9 Å². The fourth-order valence-electron chi connectivity index (χ4n) is 3.57. The van der Waals surface area contributed by atoms with Gasteiger partial charge in [0, 0.05) is 25.2 Å². The number of amides is 1. The minimum atomic E-state index is -3.38. The van der Waals surface area contributed by atoms with Gasteiger partial charge in [-0.25, -0.2) is 8.42 Å². The van der Waals surface area contributed by atoms with Gasteiger partial charge in [0.15, 0.2) is 0 Å². The lowest BCUT2D eigenvalue weighted by Gasteiger charge is -2.26. The third-order valence-corrected chi connectivity index (χ3v) is 7.28. The first-order valence-corrected chi connectivity index (χ1v) is 12.1. The molecule has 0 saturated carbocycles. The van der Waals surface area contributed by atoms with Crippen LogP contribution in [-0.2, 0) is 39.9 Å². The van der Waals surface area contributed by atoms with Crippen LogP contribution >= 0.6 is 0 Å². The normalized spacial score (nSPS) is 15.1. The molecule has 1 heterocycles. The minimum absolute atomic E-state index is 0.0709. The molecule has 30 heavy (non-hydrogen) atoms. The topological polar surface area (TPSA) is 75.7 Å². The summed E-state index contributed by atoms with van der Waals surface area (Å²) in [6, 6.07) is 13.2. The van der Waals surface area contributed by atoms with Crippen LogP contribution in [0.25, 0.3) is 0 Å². The monoisotopic (exact) mass is 430 g/mol. The number of aryl methyl sites for hydroxylation is 2. The van der Waals surface area contributed by atoms with Crippen molar-refractivity contribution in [3.05, 3.63) is 70.3 Å². The number of nitrogens with one attached hydrogen (secondary N) is 1. The second-order valence-electron chi connectivity index (χ2n) is 7.46. The highest BCUT2D eigenvalue weighted by atomic mass is 32.2. The predicted octanol–water partition coefficient (Wildman–Crippen LogP) is 2.90. The molecule has 0 aliphatic carbocycles. The first kappa shape index (κ1) is 22.5. The molecule has 1 saturated heterocycles. The molecule has 0 aromatic heterocycles. The number of morpholine rings is 1. The lowest BCUT2D eigenvalue weighted by molar-refractivity contribution is 0.0729. The Morgan fingerprint density at radius 2 is 1.63 bits per heavy atom. The summed E-state index contributed by atoms with van der Waals surface area (Å²) in [5, 5.41) is 2.98. The van der Waals surface area contributed by atoms with Gasteiger partial charge >= 0.3 is 0 Å². The zero-order valence-corrected chi connectivity index (χ0v) is 18.5. The summed E-state index contributed by atoms with van der Waals surface area (Å²) in [4.78, 5) is 12.6. The Hall–Kier alpha value is -2.22. The van der Waals surface area contributed by atoms with Crippen LogP contribution in [0.3, 0.4) is 0 Å². The zero-order chi connectivity index (χ0) is 21.6. The van der Waals surface area contributed by atoms with Crippen molar-refractivity contribution in [1.82, 2.24) is 9.62 Å². The first-order valence-electron chi connectivity index (χ1n) is 10.5. The van der Waals surface area contributed by atoms with Gasteiger partial charge in [0.1, 0.15) is 0 Å². The summed E-state index contributed by atoms with van der Waals surface area (Å²) >= 11 is 0. The zero-order valence-electron chi connectivity index (χ0n) is 17.7.